The Kier molecular flexibility index (Phi) is 10.0. The number of ether oxygens (including phenoxy) is 1. The minimum Gasteiger partial charge on any atom is -0.489 e. The van der Waals surface area contributed by atoms with E-state index in [0.29, 0.717) is 38.3 Å². The number of amides is 2. The van der Waals surface area contributed by atoms with Crippen LogP contribution < -0.4 is 10.1 Å². The number of carbonyl (C=O) groups is 3. The van der Waals surface area contributed by atoms with Gasteiger partial charge in [0.15, 0.2) is 0 Å². The van der Waals surface area contributed by atoms with Gasteiger partial charge in [-0.1, -0.05) is 54.6 Å². The average Bonchev–Trinajstić information content (AvgIpc) is 2.97. The van der Waals surface area contributed by atoms with E-state index in [-0.39, 0.29) is 36.4 Å². The van der Waals surface area contributed by atoms with E-state index >= 15 is 0 Å². The van der Waals surface area contributed by atoms with E-state index in [1.165, 1.54) is 18.2 Å². The number of likely N-dealkylation sites (tertiary alicyclic amines) is 1. The number of halogens is 1. The van der Waals surface area contributed by atoms with Crippen molar-refractivity contribution < 1.29 is 28.6 Å². The van der Waals surface area contributed by atoms with Crippen molar-refractivity contribution in [2.45, 2.75) is 38.3 Å². The lowest BCUT2D eigenvalue weighted by Crippen LogP contribution is -2.44. The smallest absolute Gasteiger partial charge is 0.326 e. The van der Waals surface area contributed by atoms with Crippen LogP contribution in [0.1, 0.15) is 36.0 Å². The standard InChI is InChI=1S/C32H33FN2O5/c33-27-11-6-23(7-12-27)10-15-31(37)35-18-16-25(17-19-35)21-30(36)34-29(32(38)39)20-24-8-13-28(14-9-24)40-22-26-4-2-1-3-5-26/h1-15,25,29H,16-22H2,(H,34,36)(H,38,39). The molecule has 2 N–H and O–H groups in total. The van der Waals surface area contributed by atoms with Gasteiger partial charge in [-0.25, -0.2) is 9.18 Å². The first kappa shape index (κ1) is 28.5. The molecular weight excluding hydrogens is 511 g/mol. The Hall–Kier alpha value is -4.46. The van der Waals surface area contributed by atoms with Crippen LogP contribution >= 0.6 is 0 Å². The highest BCUT2D eigenvalue weighted by Gasteiger charge is 2.26. The number of carbonyl (C=O) groups excluding carboxylic acids is 2. The Labute approximate surface area is 233 Å². The van der Waals surface area contributed by atoms with E-state index in [1.807, 2.05) is 30.3 Å². The molecule has 3 aromatic carbocycles. The van der Waals surface area contributed by atoms with Crippen molar-refractivity contribution in [2.24, 2.45) is 5.92 Å². The number of carboxylic acids is 1. The van der Waals surface area contributed by atoms with Crippen LogP contribution in [0.2, 0.25) is 0 Å². The third-order valence-corrected chi connectivity index (χ3v) is 6.93. The number of hydrogen-bond acceptors (Lipinski definition) is 4. The van der Waals surface area contributed by atoms with Gasteiger partial charge in [-0.05, 0) is 65.8 Å². The van der Waals surface area contributed by atoms with E-state index in [4.69, 9.17) is 4.74 Å². The van der Waals surface area contributed by atoms with Gasteiger partial charge in [-0.2, -0.15) is 0 Å². The minimum atomic E-state index is -1.09. The van der Waals surface area contributed by atoms with E-state index < -0.39 is 12.0 Å². The predicted octanol–water partition coefficient (Wildman–Crippen LogP) is 4.86. The fourth-order valence-electron chi connectivity index (χ4n) is 4.62. The first-order valence-electron chi connectivity index (χ1n) is 13.4. The molecule has 8 heteroatoms. The molecule has 0 spiro atoms. The second-order valence-electron chi connectivity index (χ2n) is 9.94. The number of carboxylic acid groups (broad SMARTS) is 1. The van der Waals surface area contributed by atoms with Gasteiger partial charge in [0.1, 0.15) is 24.2 Å². The highest BCUT2D eigenvalue weighted by molar-refractivity contribution is 5.91. The van der Waals surface area contributed by atoms with Gasteiger partial charge in [-0.3, -0.25) is 9.59 Å². The lowest BCUT2D eigenvalue weighted by atomic mass is 9.93. The van der Waals surface area contributed by atoms with Gasteiger partial charge in [-0.15, -0.1) is 0 Å². The molecule has 1 aliphatic heterocycles. The van der Waals surface area contributed by atoms with Crippen molar-refractivity contribution in [2.75, 3.05) is 13.1 Å². The van der Waals surface area contributed by atoms with Gasteiger partial charge < -0.3 is 20.1 Å². The quantitative estimate of drug-likeness (QED) is 0.336. The Morgan fingerprint density at radius 3 is 2.27 bits per heavy atom. The number of aliphatic carboxylic acids is 1. The fraction of sp³-hybridized carbons (Fsp3) is 0.281. The summed E-state index contributed by atoms with van der Waals surface area (Å²) in [5.74, 6) is -1.11. The van der Waals surface area contributed by atoms with Crippen LogP contribution in [0.15, 0.2) is 84.9 Å². The van der Waals surface area contributed by atoms with Crippen LogP contribution in [-0.4, -0.2) is 46.9 Å². The second-order valence-corrected chi connectivity index (χ2v) is 9.94. The molecule has 7 nitrogen and oxygen atoms in total. The summed E-state index contributed by atoms with van der Waals surface area (Å²) in [6.45, 7) is 1.48. The Balaban J connectivity index is 1.20. The third-order valence-electron chi connectivity index (χ3n) is 6.93. The molecule has 1 heterocycles. The van der Waals surface area contributed by atoms with E-state index in [9.17, 15) is 23.9 Å². The normalized spacial score (nSPS) is 14.6. The summed E-state index contributed by atoms with van der Waals surface area (Å²) >= 11 is 0. The molecule has 1 fully saturated rings. The highest BCUT2D eigenvalue weighted by atomic mass is 19.1. The van der Waals surface area contributed by atoms with Crippen LogP contribution in [0, 0.1) is 11.7 Å². The first-order chi connectivity index (χ1) is 19.4. The minimum absolute atomic E-state index is 0.0700. The topological polar surface area (TPSA) is 95.9 Å². The number of rotatable bonds is 11. The van der Waals surface area contributed by atoms with E-state index in [2.05, 4.69) is 5.32 Å². The van der Waals surface area contributed by atoms with Crippen LogP contribution in [0.25, 0.3) is 6.08 Å². The van der Waals surface area contributed by atoms with Crippen molar-refractivity contribution in [1.29, 1.82) is 0 Å². The molecule has 0 saturated carbocycles. The molecule has 4 rings (SSSR count). The fourth-order valence-corrected chi connectivity index (χ4v) is 4.62. The summed E-state index contributed by atoms with van der Waals surface area (Å²) in [6, 6.07) is 21.8. The lowest BCUT2D eigenvalue weighted by Gasteiger charge is -2.31. The van der Waals surface area contributed by atoms with Gasteiger partial charge >= 0.3 is 5.97 Å². The zero-order chi connectivity index (χ0) is 28.3. The summed E-state index contributed by atoms with van der Waals surface area (Å²) in [7, 11) is 0. The average molecular weight is 545 g/mol. The predicted molar refractivity (Wildman–Crippen MR) is 150 cm³/mol. The summed E-state index contributed by atoms with van der Waals surface area (Å²) in [4.78, 5) is 38.7. The molecule has 208 valence electrons. The zero-order valence-corrected chi connectivity index (χ0v) is 22.2. The molecule has 3 aromatic rings. The van der Waals surface area contributed by atoms with Crippen LogP contribution in [-0.2, 0) is 27.4 Å². The van der Waals surface area contributed by atoms with E-state index in [0.717, 1.165) is 16.7 Å². The molecule has 0 bridgehead atoms. The Morgan fingerprint density at radius 1 is 0.950 bits per heavy atom. The molecule has 0 aliphatic carbocycles. The molecule has 40 heavy (non-hydrogen) atoms. The maximum Gasteiger partial charge on any atom is 0.326 e. The number of hydrogen-bond donors (Lipinski definition) is 2. The zero-order valence-electron chi connectivity index (χ0n) is 22.2. The van der Waals surface area contributed by atoms with Crippen LogP contribution in [0.5, 0.6) is 5.75 Å². The number of nitrogens with zero attached hydrogens (tertiary/aromatic N) is 1. The SMILES string of the molecule is O=C(CC1CCN(C(=O)C=Cc2ccc(F)cc2)CC1)NC(Cc1ccc(OCc2ccccc2)cc1)C(=O)O. The Morgan fingerprint density at radius 2 is 1.62 bits per heavy atom. The third kappa shape index (κ3) is 8.80. The van der Waals surface area contributed by atoms with Crippen molar-refractivity contribution in [3.63, 3.8) is 0 Å². The summed E-state index contributed by atoms with van der Waals surface area (Å²) in [5, 5.41) is 12.3. The van der Waals surface area contributed by atoms with Gasteiger partial charge in [0.25, 0.3) is 0 Å². The van der Waals surface area contributed by atoms with Crippen molar-refractivity contribution >= 4 is 23.9 Å². The van der Waals surface area contributed by atoms with Gasteiger partial charge in [0.05, 0.1) is 0 Å². The molecule has 1 unspecified atom stereocenters. The van der Waals surface area contributed by atoms with Crippen LogP contribution in [0.3, 0.4) is 0 Å². The molecule has 0 aromatic heterocycles. The summed E-state index contributed by atoms with van der Waals surface area (Å²) in [5.41, 5.74) is 2.57. The molecule has 1 atom stereocenters. The van der Waals surface area contributed by atoms with E-state index in [1.54, 1.807) is 47.4 Å². The van der Waals surface area contributed by atoms with Crippen molar-refractivity contribution in [3.8, 4) is 5.75 Å². The van der Waals surface area contributed by atoms with Crippen LogP contribution in [0.4, 0.5) is 4.39 Å². The molecule has 0 radical (unpaired) electrons. The van der Waals surface area contributed by atoms with Gasteiger partial charge in [0.2, 0.25) is 11.8 Å². The summed E-state index contributed by atoms with van der Waals surface area (Å²) < 4.78 is 18.8. The molecule has 1 aliphatic rings. The monoisotopic (exact) mass is 544 g/mol. The largest absolute Gasteiger partial charge is 0.489 e. The van der Waals surface area contributed by atoms with Crippen molar-refractivity contribution in [3.05, 3.63) is 107 Å². The number of piperidine rings is 1. The molecule has 1 saturated heterocycles. The lowest BCUT2D eigenvalue weighted by molar-refractivity contribution is -0.142. The number of nitrogens with one attached hydrogen (secondary N) is 1. The number of benzene rings is 3. The molecular formula is C32H33FN2O5. The second kappa shape index (κ2) is 14.1. The first-order valence-corrected chi connectivity index (χ1v) is 13.4. The summed E-state index contributed by atoms with van der Waals surface area (Å²) in [6.07, 6.45) is 4.81. The van der Waals surface area contributed by atoms with Crippen molar-refractivity contribution in [1.82, 2.24) is 10.2 Å². The van der Waals surface area contributed by atoms with Gasteiger partial charge in [0, 0.05) is 32.0 Å². The maximum atomic E-state index is 13.0. The molecule has 2 amide bonds. The Bertz CT molecular complexity index is 1300. The maximum absolute atomic E-state index is 13.0. The highest BCUT2D eigenvalue weighted by Crippen LogP contribution is 2.21.